The van der Waals surface area contributed by atoms with Crippen molar-refractivity contribution in [2.75, 3.05) is 0 Å². The third kappa shape index (κ3) is 4.50. The highest BCUT2D eigenvalue weighted by Crippen LogP contribution is 2.12. The first-order valence-electron chi connectivity index (χ1n) is 6.64. The van der Waals surface area contributed by atoms with E-state index in [0.29, 0.717) is 5.56 Å². The van der Waals surface area contributed by atoms with E-state index in [4.69, 9.17) is 0 Å². The second kappa shape index (κ2) is 7.51. The van der Waals surface area contributed by atoms with E-state index in [1.807, 2.05) is 0 Å². The number of amides is 1. The summed E-state index contributed by atoms with van der Waals surface area (Å²) < 4.78 is 0. The molecule has 0 radical (unpaired) electrons. The molecule has 2 rings (SSSR count). The molecule has 0 aliphatic heterocycles. The Labute approximate surface area is 131 Å². The van der Waals surface area contributed by atoms with E-state index in [0.717, 1.165) is 6.07 Å². The van der Waals surface area contributed by atoms with Gasteiger partial charge in [0.15, 0.2) is 5.78 Å². The number of non-ortho nitro benzene ring substituents is 1. The number of hydrazine groups is 1. The van der Waals surface area contributed by atoms with Crippen molar-refractivity contribution < 1.29 is 14.5 Å². The third-order valence-corrected chi connectivity index (χ3v) is 2.88. The lowest BCUT2D eigenvalue weighted by Crippen LogP contribution is -2.33. The molecule has 0 heterocycles. The number of ketones is 1. The van der Waals surface area contributed by atoms with Gasteiger partial charge >= 0.3 is 0 Å². The molecule has 0 bridgehead atoms. The first-order valence-corrected chi connectivity index (χ1v) is 6.64. The van der Waals surface area contributed by atoms with Crippen LogP contribution in [0.15, 0.2) is 66.9 Å². The lowest BCUT2D eigenvalue weighted by molar-refractivity contribution is -0.384. The highest BCUT2D eigenvalue weighted by molar-refractivity contribution is 6.04. The fourth-order valence-electron chi connectivity index (χ4n) is 1.76. The van der Waals surface area contributed by atoms with Crippen LogP contribution in [0.25, 0.3) is 0 Å². The van der Waals surface area contributed by atoms with Crippen LogP contribution in [-0.4, -0.2) is 16.6 Å². The highest BCUT2D eigenvalue weighted by Gasteiger charge is 2.10. The molecule has 1 amide bonds. The first kappa shape index (κ1) is 15.9. The van der Waals surface area contributed by atoms with E-state index in [2.05, 4.69) is 10.9 Å². The topological polar surface area (TPSA) is 101 Å². The lowest BCUT2D eigenvalue weighted by atomic mass is 10.1. The highest BCUT2D eigenvalue weighted by atomic mass is 16.6. The molecule has 23 heavy (non-hydrogen) atoms. The van der Waals surface area contributed by atoms with Gasteiger partial charge in [-0.3, -0.25) is 25.1 Å². The summed E-state index contributed by atoms with van der Waals surface area (Å²) in [5, 5.41) is 10.7. The molecule has 2 aromatic rings. The predicted molar refractivity (Wildman–Crippen MR) is 83.6 cm³/mol. The van der Waals surface area contributed by atoms with Gasteiger partial charge < -0.3 is 5.43 Å². The summed E-state index contributed by atoms with van der Waals surface area (Å²) in [6.07, 6.45) is 2.55. The maximum absolute atomic E-state index is 11.8. The average molecular weight is 311 g/mol. The summed E-state index contributed by atoms with van der Waals surface area (Å²) in [6, 6.07) is 14.0. The molecule has 0 saturated heterocycles. The maximum atomic E-state index is 11.8. The Balaban J connectivity index is 1.90. The number of nitrogens with zero attached hydrogens (tertiary/aromatic N) is 1. The number of rotatable bonds is 6. The zero-order valence-corrected chi connectivity index (χ0v) is 11.9. The van der Waals surface area contributed by atoms with Crippen LogP contribution >= 0.6 is 0 Å². The van der Waals surface area contributed by atoms with Gasteiger partial charge in [0.1, 0.15) is 0 Å². The van der Waals surface area contributed by atoms with Crippen LogP contribution in [0.1, 0.15) is 20.7 Å². The van der Waals surface area contributed by atoms with Crippen LogP contribution in [-0.2, 0) is 0 Å². The van der Waals surface area contributed by atoms with Crippen LogP contribution in [0, 0.1) is 10.1 Å². The van der Waals surface area contributed by atoms with Crippen molar-refractivity contribution in [2.45, 2.75) is 0 Å². The Kier molecular flexibility index (Phi) is 5.19. The smallest absolute Gasteiger partial charge is 0.270 e. The largest absolute Gasteiger partial charge is 0.305 e. The van der Waals surface area contributed by atoms with Gasteiger partial charge in [0, 0.05) is 35.5 Å². The van der Waals surface area contributed by atoms with E-state index >= 15 is 0 Å². The predicted octanol–water partition coefficient (Wildman–Crippen LogP) is 2.23. The molecule has 2 aromatic carbocycles. The van der Waals surface area contributed by atoms with Gasteiger partial charge in [0.05, 0.1) is 4.92 Å². The van der Waals surface area contributed by atoms with Gasteiger partial charge in [-0.1, -0.05) is 36.4 Å². The number of nitrogens with one attached hydrogen (secondary N) is 2. The number of hydrogen-bond acceptors (Lipinski definition) is 5. The van der Waals surface area contributed by atoms with Crippen molar-refractivity contribution in [1.29, 1.82) is 0 Å². The van der Waals surface area contributed by atoms with E-state index < -0.39 is 10.8 Å². The van der Waals surface area contributed by atoms with E-state index in [1.54, 1.807) is 30.3 Å². The Bertz CT molecular complexity index is 757. The van der Waals surface area contributed by atoms with Crippen molar-refractivity contribution in [3.63, 3.8) is 0 Å². The van der Waals surface area contributed by atoms with Crippen molar-refractivity contribution in [2.24, 2.45) is 0 Å². The number of hydrogen-bond donors (Lipinski definition) is 2. The molecule has 0 spiro atoms. The zero-order chi connectivity index (χ0) is 16.7. The molecule has 0 aliphatic rings. The van der Waals surface area contributed by atoms with Crippen molar-refractivity contribution >= 4 is 17.4 Å². The number of carbonyl (C=O) groups is 2. The molecule has 0 unspecified atom stereocenters. The summed E-state index contributed by atoms with van der Waals surface area (Å²) in [4.78, 5) is 33.7. The van der Waals surface area contributed by atoms with Crippen LogP contribution in [0.4, 0.5) is 5.69 Å². The quantitative estimate of drug-likeness (QED) is 0.369. The average Bonchev–Trinajstić information content (AvgIpc) is 2.59. The van der Waals surface area contributed by atoms with E-state index in [1.165, 1.54) is 30.5 Å². The normalized spacial score (nSPS) is 10.3. The molecule has 0 saturated carbocycles. The molecule has 7 heteroatoms. The van der Waals surface area contributed by atoms with Crippen molar-refractivity contribution in [1.82, 2.24) is 10.9 Å². The second-order valence-electron chi connectivity index (χ2n) is 4.47. The zero-order valence-electron chi connectivity index (χ0n) is 11.9. The van der Waals surface area contributed by atoms with Crippen molar-refractivity contribution in [3.05, 3.63) is 88.1 Å². The van der Waals surface area contributed by atoms with E-state index in [9.17, 15) is 19.7 Å². The van der Waals surface area contributed by atoms with Gasteiger partial charge in [-0.2, -0.15) is 0 Å². The van der Waals surface area contributed by atoms with E-state index in [-0.39, 0.29) is 17.0 Å². The van der Waals surface area contributed by atoms with Crippen LogP contribution < -0.4 is 10.9 Å². The third-order valence-electron chi connectivity index (χ3n) is 2.88. The summed E-state index contributed by atoms with van der Waals surface area (Å²) in [7, 11) is 0. The van der Waals surface area contributed by atoms with Crippen molar-refractivity contribution in [3.8, 4) is 0 Å². The molecule has 2 N–H and O–H groups in total. The summed E-state index contributed by atoms with van der Waals surface area (Å²) in [5.41, 5.74) is 5.27. The van der Waals surface area contributed by atoms with Crippen LogP contribution in [0.5, 0.6) is 0 Å². The Morgan fingerprint density at radius 2 is 1.70 bits per heavy atom. The molecule has 0 fully saturated rings. The number of benzene rings is 2. The van der Waals surface area contributed by atoms with Gasteiger partial charge in [0.2, 0.25) is 0 Å². The minimum absolute atomic E-state index is 0.134. The molecule has 116 valence electrons. The minimum atomic E-state index is -0.581. The first-order chi connectivity index (χ1) is 11.1. The van der Waals surface area contributed by atoms with Gasteiger partial charge in [0.25, 0.3) is 11.6 Å². The Morgan fingerprint density at radius 3 is 2.39 bits per heavy atom. The SMILES string of the molecule is O=C(/C=C/NNC(=O)c1cccc([N+](=O)[O-])c1)c1ccccc1. The summed E-state index contributed by atoms with van der Waals surface area (Å²) >= 11 is 0. The number of allylic oxidation sites excluding steroid dienone is 1. The van der Waals surface area contributed by atoms with Gasteiger partial charge in [-0.05, 0) is 6.07 Å². The second-order valence-corrected chi connectivity index (χ2v) is 4.47. The van der Waals surface area contributed by atoms with Gasteiger partial charge in [-0.15, -0.1) is 0 Å². The fourth-order valence-corrected chi connectivity index (χ4v) is 1.76. The molecule has 0 atom stereocenters. The Hall–Kier alpha value is -3.48. The standard InChI is InChI=1S/C16H13N3O4/c20-15(12-5-2-1-3-6-12)9-10-17-18-16(21)13-7-4-8-14(11-13)19(22)23/h1-11,17H,(H,18,21)/b10-9+. The number of nitro groups is 1. The summed E-state index contributed by atoms with van der Waals surface area (Å²) in [5.74, 6) is -0.770. The van der Waals surface area contributed by atoms with Crippen LogP contribution in [0.2, 0.25) is 0 Å². The monoisotopic (exact) mass is 311 g/mol. The molecule has 0 aromatic heterocycles. The van der Waals surface area contributed by atoms with Gasteiger partial charge in [-0.25, -0.2) is 0 Å². The fraction of sp³-hybridized carbons (Fsp3) is 0. The minimum Gasteiger partial charge on any atom is -0.305 e. The maximum Gasteiger partial charge on any atom is 0.270 e. The number of nitro benzene ring substituents is 1. The van der Waals surface area contributed by atoms with Crippen LogP contribution in [0.3, 0.4) is 0 Å². The molecular weight excluding hydrogens is 298 g/mol. The summed E-state index contributed by atoms with van der Waals surface area (Å²) in [6.45, 7) is 0. The molecule has 0 aliphatic carbocycles. The lowest BCUT2D eigenvalue weighted by Gasteiger charge is -2.04. The number of carbonyl (C=O) groups excluding carboxylic acids is 2. The Morgan fingerprint density at radius 1 is 1.00 bits per heavy atom. The molecule has 7 nitrogen and oxygen atoms in total. The molecular formula is C16H13N3O4.